The molecule has 1 aromatic carbocycles. The molecule has 3 rings (SSSR count). The second-order valence-electron chi connectivity index (χ2n) is 6.96. The van der Waals surface area contributed by atoms with Gasteiger partial charge in [-0.2, -0.15) is 11.8 Å². The number of aliphatic hydroxyl groups is 1. The molecule has 0 bridgehead atoms. The van der Waals surface area contributed by atoms with Gasteiger partial charge in [-0.3, -0.25) is 4.79 Å². The topological polar surface area (TPSA) is 52.6 Å². The average molecular weight is 349 g/mol. The Labute approximate surface area is 149 Å². The zero-order valence-electron chi connectivity index (χ0n) is 14.4. The van der Waals surface area contributed by atoms with E-state index in [4.69, 9.17) is 0 Å². The third-order valence-electron chi connectivity index (χ3n) is 5.25. The fraction of sp³-hybridized carbons (Fsp3) is 0.632. The number of hydrogen-bond donors (Lipinski definition) is 2. The lowest BCUT2D eigenvalue weighted by Crippen LogP contribution is -2.39. The standard InChI is InChI=1S/C19H28N2O2S/c1-24-18-4-2-3-15(13-18)20-19(23)14-5-7-16(8-6-14)21-11-9-17(22)10-12-21/h5-8,15,17-18,22H,2-4,9-13H2,1H3,(H,20,23). The van der Waals surface area contributed by atoms with Crippen LogP contribution >= 0.6 is 11.8 Å². The molecule has 5 heteroatoms. The Morgan fingerprint density at radius 1 is 1.17 bits per heavy atom. The smallest absolute Gasteiger partial charge is 0.251 e. The lowest BCUT2D eigenvalue weighted by atomic mass is 9.94. The summed E-state index contributed by atoms with van der Waals surface area (Å²) in [5.41, 5.74) is 1.88. The lowest BCUT2D eigenvalue weighted by molar-refractivity contribution is 0.0928. The minimum absolute atomic E-state index is 0.0439. The summed E-state index contributed by atoms with van der Waals surface area (Å²) in [5, 5.41) is 13.5. The molecule has 1 aliphatic carbocycles. The van der Waals surface area contributed by atoms with Crippen LogP contribution in [0.3, 0.4) is 0 Å². The molecule has 2 N–H and O–H groups in total. The van der Waals surface area contributed by atoms with Crippen molar-refractivity contribution >= 4 is 23.4 Å². The van der Waals surface area contributed by atoms with Gasteiger partial charge in [0, 0.05) is 35.6 Å². The van der Waals surface area contributed by atoms with Crippen LogP contribution in [0.4, 0.5) is 5.69 Å². The van der Waals surface area contributed by atoms with Crippen LogP contribution in [0.2, 0.25) is 0 Å². The fourth-order valence-electron chi connectivity index (χ4n) is 3.71. The minimum Gasteiger partial charge on any atom is -0.393 e. The Kier molecular flexibility index (Phi) is 6.06. The van der Waals surface area contributed by atoms with Crippen LogP contribution < -0.4 is 10.2 Å². The normalized spacial score (nSPS) is 25.5. The molecule has 2 fully saturated rings. The summed E-state index contributed by atoms with van der Waals surface area (Å²) in [4.78, 5) is 14.8. The highest BCUT2D eigenvalue weighted by atomic mass is 32.2. The van der Waals surface area contributed by atoms with Crippen LogP contribution in [0.1, 0.15) is 48.9 Å². The molecule has 132 valence electrons. The van der Waals surface area contributed by atoms with Crippen LogP contribution in [0.25, 0.3) is 0 Å². The van der Waals surface area contributed by atoms with E-state index in [1.54, 1.807) is 0 Å². The van der Waals surface area contributed by atoms with Crippen molar-refractivity contribution in [3.63, 3.8) is 0 Å². The zero-order valence-corrected chi connectivity index (χ0v) is 15.2. The van der Waals surface area contributed by atoms with Crippen molar-refractivity contribution in [2.75, 3.05) is 24.2 Å². The van der Waals surface area contributed by atoms with Crippen molar-refractivity contribution in [2.24, 2.45) is 0 Å². The van der Waals surface area contributed by atoms with Gasteiger partial charge in [0.2, 0.25) is 0 Å². The van der Waals surface area contributed by atoms with Crippen molar-refractivity contribution in [2.45, 2.75) is 55.9 Å². The Balaban J connectivity index is 1.55. The first-order valence-corrected chi connectivity index (χ1v) is 10.3. The summed E-state index contributed by atoms with van der Waals surface area (Å²) < 4.78 is 0. The largest absolute Gasteiger partial charge is 0.393 e. The first kappa shape index (κ1) is 17.6. The molecule has 1 saturated heterocycles. The third-order valence-corrected chi connectivity index (χ3v) is 6.35. The third kappa shape index (κ3) is 4.45. The van der Waals surface area contributed by atoms with Crippen molar-refractivity contribution in [1.29, 1.82) is 0 Å². The molecular weight excluding hydrogens is 320 g/mol. The first-order valence-electron chi connectivity index (χ1n) is 9.02. The molecule has 2 unspecified atom stereocenters. The molecule has 2 atom stereocenters. The highest BCUT2D eigenvalue weighted by molar-refractivity contribution is 7.99. The monoisotopic (exact) mass is 348 g/mol. The quantitative estimate of drug-likeness (QED) is 0.878. The number of benzene rings is 1. The van der Waals surface area contributed by atoms with E-state index in [0.29, 0.717) is 11.3 Å². The SMILES string of the molecule is CSC1CCCC(NC(=O)c2ccc(N3CCC(O)CC3)cc2)C1. The number of amides is 1. The second-order valence-corrected chi connectivity index (χ2v) is 8.10. The molecule has 1 aromatic rings. The molecule has 4 nitrogen and oxygen atoms in total. The van der Waals surface area contributed by atoms with E-state index in [1.165, 1.54) is 12.8 Å². The van der Waals surface area contributed by atoms with Gasteiger partial charge in [-0.15, -0.1) is 0 Å². The summed E-state index contributed by atoms with van der Waals surface area (Å²) >= 11 is 1.92. The van der Waals surface area contributed by atoms with Crippen LogP contribution in [0.15, 0.2) is 24.3 Å². The Hall–Kier alpha value is -1.20. The minimum atomic E-state index is -0.160. The van der Waals surface area contributed by atoms with Gasteiger partial charge in [0.15, 0.2) is 0 Å². The summed E-state index contributed by atoms with van der Waals surface area (Å²) in [6.45, 7) is 1.76. The van der Waals surface area contributed by atoms with Crippen molar-refractivity contribution < 1.29 is 9.90 Å². The van der Waals surface area contributed by atoms with E-state index in [2.05, 4.69) is 16.5 Å². The van der Waals surface area contributed by atoms with Gasteiger partial charge >= 0.3 is 0 Å². The number of piperidine rings is 1. The molecule has 2 aliphatic rings. The van der Waals surface area contributed by atoms with E-state index in [1.807, 2.05) is 36.0 Å². The number of thioether (sulfide) groups is 1. The number of hydrogen-bond acceptors (Lipinski definition) is 4. The number of nitrogens with zero attached hydrogens (tertiary/aromatic N) is 1. The average Bonchev–Trinajstić information content (AvgIpc) is 2.62. The molecule has 1 saturated carbocycles. The highest BCUT2D eigenvalue weighted by Gasteiger charge is 2.23. The summed E-state index contributed by atoms with van der Waals surface area (Å²) in [7, 11) is 0. The van der Waals surface area contributed by atoms with E-state index >= 15 is 0 Å². The number of rotatable bonds is 4. The first-order chi connectivity index (χ1) is 11.7. The van der Waals surface area contributed by atoms with Gasteiger partial charge in [-0.05, 0) is 62.6 Å². The van der Waals surface area contributed by atoms with Gasteiger partial charge in [0.25, 0.3) is 5.91 Å². The van der Waals surface area contributed by atoms with Crippen LogP contribution in [-0.2, 0) is 0 Å². The molecule has 0 radical (unpaired) electrons. The predicted octanol–water partition coefficient (Wildman–Crippen LogP) is 3.05. The van der Waals surface area contributed by atoms with Gasteiger partial charge in [0.05, 0.1) is 6.10 Å². The fourth-order valence-corrected chi connectivity index (χ4v) is 4.53. The van der Waals surface area contributed by atoms with Gasteiger partial charge in [0.1, 0.15) is 0 Å². The number of carbonyl (C=O) groups excluding carboxylic acids is 1. The summed E-state index contributed by atoms with van der Waals surface area (Å²) in [6, 6.07) is 8.21. The van der Waals surface area contributed by atoms with Crippen LogP contribution in [0, 0.1) is 0 Å². The van der Waals surface area contributed by atoms with Crippen LogP contribution in [-0.4, -0.2) is 47.8 Å². The maximum Gasteiger partial charge on any atom is 0.251 e. The second kappa shape index (κ2) is 8.26. The number of carbonyl (C=O) groups is 1. The van der Waals surface area contributed by atoms with E-state index in [0.717, 1.165) is 50.0 Å². The maximum absolute atomic E-state index is 12.5. The molecule has 0 aromatic heterocycles. The maximum atomic E-state index is 12.5. The van der Waals surface area contributed by atoms with E-state index in [9.17, 15) is 9.90 Å². The number of nitrogens with one attached hydrogen (secondary N) is 1. The number of anilines is 1. The molecule has 0 spiro atoms. The summed E-state index contributed by atoms with van der Waals surface area (Å²) in [6.07, 6.45) is 8.29. The molecule has 1 amide bonds. The number of aliphatic hydroxyl groups excluding tert-OH is 1. The summed E-state index contributed by atoms with van der Waals surface area (Å²) in [5.74, 6) is 0.0439. The van der Waals surface area contributed by atoms with Gasteiger partial charge < -0.3 is 15.3 Å². The molecular formula is C19H28N2O2S. The molecule has 24 heavy (non-hydrogen) atoms. The Morgan fingerprint density at radius 2 is 1.88 bits per heavy atom. The zero-order chi connectivity index (χ0) is 16.9. The van der Waals surface area contributed by atoms with Gasteiger partial charge in [-0.1, -0.05) is 6.42 Å². The van der Waals surface area contributed by atoms with Crippen molar-refractivity contribution in [1.82, 2.24) is 5.32 Å². The Morgan fingerprint density at radius 3 is 2.54 bits per heavy atom. The molecule has 1 aliphatic heterocycles. The highest BCUT2D eigenvalue weighted by Crippen LogP contribution is 2.27. The predicted molar refractivity (Wildman–Crippen MR) is 101 cm³/mol. The molecule has 1 heterocycles. The Bertz CT molecular complexity index is 541. The lowest BCUT2D eigenvalue weighted by Gasteiger charge is -2.31. The van der Waals surface area contributed by atoms with Gasteiger partial charge in [-0.25, -0.2) is 0 Å². The van der Waals surface area contributed by atoms with Crippen molar-refractivity contribution in [3.8, 4) is 0 Å². The van der Waals surface area contributed by atoms with Crippen molar-refractivity contribution in [3.05, 3.63) is 29.8 Å². The van der Waals surface area contributed by atoms with E-state index in [-0.39, 0.29) is 12.0 Å². The van der Waals surface area contributed by atoms with Crippen LogP contribution in [0.5, 0.6) is 0 Å². The van der Waals surface area contributed by atoms with E-state index < -0.39 is 0 Å².